The predicted molar refractivity (Wildman–Crippen MR) is 70.2 cm³/mol. The van der Waals surface area contributed by atoms with Crippen LogP contribution in [0.2, 0.25) is 0 Å². The first-order valence-electron chi connectivity index (χ1n) is 5.92. The van der Waals surface area contributed by atoms with Crippen molar-refractivity contribution in [3.8, 4) is 0 Å². The maximum Gasteiger partial charge on any atom is 0.216 e. The second-order valence-corrected chi connectivity index (χ2v) is 3.82. The molecule has 1 N–H and O–H groups in total. The maximum absolute atomic E-state index is 10.6. The van der Waals surface area contributed by atoms with E-state index >= 15 is 0 Å². The van der Waals surface area contributed by atoms with Gasteiger partial charge in [-0.1, -0.05) is 56.2 Å². The number of nitrogens with one attached hydrogen (secondary N) is 1. The normalized spacial score (nSPS) is 11.1. The second-order valence-electron chi connectivity index (χ2n) is 3.82. The van der Waals surface area contributed by atoms with Crippen LogP contribution in [0.1, 0.15) is 39.5 Å². The Bertz CT molecular complexity index is 264. The molecule has 0 aromatic heterocycles. The second kappa shape index (κ2) is 10.2. The van der Waals surface area contributed by atoms with Crippen LogP contribution < -0.4 is 5.32 Å². The lowest BCUT2D eigenvalue weighted by atomic mass is 10.2. The molecular formula is C14H23NO. The predicted octanol–water partition coefficient (Wildman–Crippen LogP) is 3.37. The third-order valence-electron chi connectivity index (χ3n) is 2.12. The van der Waals surface area contributed by atoms with Crippen molar-refractivity contribution in [2.75, 3.05) is 6.54 Å². The van der Waals surface area contributed by atoms with Gasteiger partial charge in [0.25, 0.3) is 0 Å². The van der Waals surface area contributed by atoms with Crippen LogP contribution in [-0.4, -0.2) is 12.5 Å². The van der Waals surface area contributed by atoms with Gasteiger partial charge in [0, 0.05) is 13.5 Å². The van der Waals surface area contributed by atoms with E-state index in [1.807, 2.05) is 12.2 Å². The zero-order valence-electron chi connectivity index (χ0n) is 10.5. The van der Waals surface area contributed by atoms with E-state index in [9.17, 15) is 4.79 Å². The molecule has 0 heterocycles. The van der Waals surface area contributed by atoms with Crippen LogP contribution in [0.3, 0.4) is 0 Å². The Kier molecular flexibility index (Phi) is 9.38. The van der Waals surface area contributed by atoms with Gasteiger partial charge < -0.3 is 5.32 Å². The SMILES string of the molecule is C=C(/C=C\C=C/CCCC)CCNC(C)=O. The summed E-state index contributed by atoms with van der Waals surface area (Å²) in [6.07, 6.45) is 12.6. The van der Waals surface area contributed by atoms with Crippen LogP contribution in [0.25, 0.3) is 0 Å². The van der Waals surface area contributed by atoms with Crippen LogP contribution in [0.4, 0.5) is 0 Å². The monoisotopic (exact) mass is 221 g/mol. The average molecular weight is 221 g/mol. The fourth-order valence-electron chi connectivity index (χ4n) is 1.17. The molecule has 0 aliphatic carbocycles. The summed E-state index contributed by atoms with van der Waals surface area (Å²) in [5, 5.41) is 2.74. The molecule has 0 rings (SSSR count). The molecule has 2 heteroatoms. The molecule has 0 aliphatic rings. The van der Waals surface area contributed by atoms with Gasteiger partial charge in [0.1, 0.15) is 0 Å². The summed E-state index contributed by atoms with van der Waals surface area (Å²) < 4.78 is 0. The molecule has 1 amide bonds. The highest BCUT2D eigenvalue weighted by molar-refractivity contribution is 5.72. The molecule has 90 valence electrons. The first kappa shape index (κ1) is 14.7. The number of hydrogen-bond donors (Lipinski definition) is 1. The van der Waals surface area contributed by atoms with Crippen molar-refractivity contribution in [1.82, 2.24) is 5.32 Å². The van der Waals surface area contributed by atoms with Crippen LogP contribution in [-0.2, 0) is 4.79 Å². The Labute approximate surface area is 99.1 Å². The lowest BCUT2D eigenvalue weighted by Gasteiger charge is -2.00. The topological polar surface area (TPSA) is 29.1 Å². The molecule has 0 unspecified atom stereocenters. The zero-order valence-corrected chi connectivity index (χ0v) is 10.5. The summed E-state index contributed by atoms with van der Waals surface area (Å²) in [6, 6.07) is 0. The number of rotatable bonds is 8. The highest BCUT2D eigenvalue weighted by atomic mass is 16.1. The van der Waals surface area contributed by atoms with Crippen molar-refractivity contribution < 1.29 is 4.79 Å². The number of carbonyl (C=O) groups is 1. The summed E-state index contributed by atoms with van der Waals surface area (Å²) in [6.45, 7) is 8.29. The first-order valence-corrected chi connectivity index (χ1v) is 5.92. The van der Waals surface area contributed by atoms with Crippen LogP contribution in [0.15, 0.2) is 36.5 Å². The molecular weight excluding hydrogens is 198 g/mol. The van der Waals surface area contributed by atoms with E-state index < -0.39 is 0 Å². The van der Waals surface area contributed by atoms with Gasteiger partial charge in [-0.25, -0.2) is 0 Å². The van der Waals surface area contributed by atoms with Crippen molar-refractivity contribution in [2.24, 2.45) is 0 Å². The first-order chi connectivity index (χ1) is 7.66. The third kappa shape index (κ3) is 10.8. The van der Waals surface area contributed by atoms with Gasteiger partial charge >= 0.3 is 0 Å². The van der Waals surface area contributed by atoms with Crippen LogP contribution >= 0.6 is 0 Å². The zero-order chi connectivity index (χ0) is 12.2. The van der Waals surface area contributed by atoms with Gasteiger partial charge in [0.2, 0.25) is 5.91 Å². The Morgan fingerprint density at radius 1 is 1.38 bits per heavy atom. The summed E-state index contributed by atoms with van der Waals surface area (Å²) in [7, 11) is 0. The van der Waals surface area contributed by atoms with E-state index in [1.165, 1.54) is 19.8 Å². The van der Waals surface area contributed by atoms with Crippen molar-refractivity contribution in [2.45, 2.75) is 39.5 Å². The third-order valence-corrected chi connectivity index (χ3v) is 2.12. The molecule has 0 saturated carbocycles. The van der Waals surface area contributed by atoms with Gasteiger partial charge in [0.05, 0.1) is 0 Å². The molecule has 16 heavy (non-hydrogen) atoms. The average Bonchev–Trinajstić information content (AvgIpc) is 2.22. The Balaban J connectivity index is 3.58. The summed E-state index contributed by atoms with van der Waals surface area (Å²) in [4.78, 5) is 10.6. The Hall–Kier alpha value is -1.31. The summed E-state index contributed by atoms with van der Waals surface area (Å²) >= 11 is 0. The molecule has 0 aliphatic heterocycles. The van der Waals surface area contributed by atoms with Gasteiger partial charge in [-0.05, 0) is 12.8 Å². The molecule has 2 nitrogen and oxygen atoms in total. The molecule has 0 aromatic carbocycles. The van der Waals surface area contributed by atoms with Crippen LogP contribution in [0, 0.1) is 0 Å². The van der Waals surface area contributed by atoms with E-state index in [0.29, 0.717) is 6.54 Å². The van der Waals surface area contributed by atoms with Crippen molar-refractivity contribution in [1.29, 1.82) is 0 Å². The number of allylic oxidation sites excluding steroid dienone is 4. The van der Waals surface area contributed by atoms with E-state index in [1.54, 1.807) is 0 Å². The molecule has 0 bridgehead atoms. The number of amides is 1. The van der Waals surface area contributed by atoms with E-state index in [0.717, 1.165) is 18.4 Å². The number of carbonyl (C=O) groups excluding carboxylic acids is 1. The maximum atomic E-state index is 10.6. The van der Waals surface area contributed by atoms with Crippen molar-refractivity contribution >= 4 is 5.91 Å². The van der Waals surface area contributed by atoms with Crippen molar-refractivity contribution in [3.63, 3.8) is 0 Å². The Morgan fingerprint density at radius 2 is 2.12 bits per heavy atom. The largest absolute Gasteiger partial charge is 0.356 e. The van der Waals surface area contributed by atoms with Gasteiger partial charge in [-0.2, -0.15) is 0 Å². The van der Waals surface area contributed by atoms with Crippen LogP contribution in [0.5, 0.6) is 0 Å². The van der Waals surface area contributed by atoms with E-state index in [4.69, 9.17) is 0 Å². The highest BCUT2D eigenvalue weighted by Crippen LogP contribution is 2.00. The number of hydrogen-bond acceptors (Lipinski definition) is 1. The van der Waals surface area contributed by atoms with E-state index in [2.05, 4.69) is 31.0 Å². The Morgan fingerprint density at radius 3 is 2.75 bits per heavy atom. The molecule has 0 radical (unpaired) electrons. The summed E-state index contributed by atoms with van der Waals surface area (Å²) in [5.74, 6) is 0.0104. The molecule has 0 spiro atoms. The smallest absolute Gasteiger partial charge is 0.216 e. The van der Waals surface area contributed by atoms with Gasteiger partial charge in [-0.15, -0.1) is 0 Å². The fraction of sp³-hybridized carbons (Fsp3) is 0.500. The summed E-state index contributed by atoms with van der Waals surface area (Å²) in [5.41, 5.74) is 1.04. The number of unbranched alkanes of at least 4 members (excludes halogenated alkanes) is 2. The lowest BCUT2D eigenvalue weighted by molar-refractivity contribution is -0.118. The molecule has 0 fully saturated rings. The minimum Gasteiger partial charge on any atom is -0.356 e. The lowest BCUT2D eigenvalue weighted by Crippen LogP contribution is -2.20. The molecule has 0 aromatic rings. The van der Waals surface area contributed by atoms with Crippen molar-refractivity contribution in [3.05, 3.63) is 36.5 Å². The quantitative estimate of drug-likeness (QED) is 0.494. The minimum atomic E-state index is 0.0104. The minimum absolute atomic E-state index is 0.0104. The molecule has 0 saturated heterocycles. The fourth-order valence-corrected chi connectivity index (χ4v) is 1.17. The molecule has 0 atom stereocenters. The van der Waals surface area contributed by atoms with Gasteiger partial charge in [-0.3, -0.25) is 4.79 Å². The van der Waals surface area contributed by atoms with E-state index in [-0.39, 0.29) is 5.91 Å². The van der Waals surface area contributed by atoms with Gasteiger partial charge in [0.15, 0.2) is 0 Å². The highest BCUT2D eigenvalue weighted by Gasteiger charge is 1.91. The standard InChI is InChI=1S/C14H23NO/c1-4-5-6-7-8-9-10-13(2)11-12-15-14(3)16/h7-10H,2,4-6,11-12H2,1,3H3,(H,15,16)/b8-7-,10-9-.